The third-order valence-electron chi connectivity index (χ3n) is 3.51. The third-order valence-corrected chi connectivity index (χ3v) is 3.51. The molecule has 0 aliphatic carbocycles. The second kappa shape index (κ2) is 6.03. The quantitative estimate of drug-likeness (QED) is 0.833. The first-order valence-corrected chi connectivity index (χ1v) is 6.31. The minimum absolute atomic E-state index is 0.232. The molecule has 0 bridgehead atoms. The molecule has 3 heteroatoms. The molecule has 1 aromatic rings. The lowest BCUT2D eigenvalue weighted by Gasteiger charge is -2.27. The molecule has 0 saturated carbocycles. The van der Waals surface area contributed by atoms with E-state index in [1.54, 1.807) is 7.11 Å². The molecule has 2 rings (SSSR count). The van der Waals surface area contributed by atoms with Crippen molar-refractivity contribution < 1.29 is 9.84 Å². The van der Waals surface area contributed by atoms with Gasteiger partial charge in [-0.3, -0.25) is 0 Å². The van der Waals surface area contributed by atoms with Crippen molar-refractivity contribution in [2.24, 2.45) is 5.92 Å². The molecule has 3 nitrogen and oxygen atoms in total. The molecule has 1 heterocycles. The van der Waals surface area contributed by atoms with E-state index in [-0.39, 0.29) is 6.10 Å². The van der Waals surface area contributed by atoms with Crippen molar-refractivity contribution in [2.75, 3.05) is 20.2 Å². The lowest BCUT2D eigenvalue weighted by Crippen LogP contribution is -2.34. The average molecular weight is 235 g/mol. The zero-order chi connectivity index (χ0) is 12.1. The number of nitrogens with one attached hydrogen (secondary N) is 1. The normalized spacial score (nSPS) is 18.9. The molecule has 1 aromatic carbocycles. The molecule has 1 aliphatic heterocycles. The van der Waals surface area contributed by atoms with E-state index in [1.165, 1.54) is 0 Å². The van der Waals surface area contributed by atoms with Gasteiger partial charge < -0.3 is 15.2 Å². The smallest absolute Gasteiger partial charge is 0.119 e. The van der Waals surface area contributed by atoms with Crippen molar-refractivity contribution in [1.82, 2.24) is 5.32 Å². The van der Waals surface area contributed by atoms with Gasteiger partial charge in [0.2, 0.25) is 0 Å². The van der Waals surface area contributed by atoms with Crippen LogP contribution >= 0.6 is 0 Å². The van der Waals surface area contributed by atoms with E-state index in [0.717, 1.165) is 43.7 Å². The van der Waals surface area contributed by atoms with Crippen LogP contribution in [0, 0.1) is 5.92 Å². The molecule has 1 atom stereocenters. The number of aliphatic hydroxyl groups is 1. The summed E-state index contributed by atoms with van der Waals surface area (Å²) < 4.78 is 5.19. The van der Waals surface area contributed by atoms with Gasteiger partial charge in [0.05, 0.1) is 13.2 Å². The Morgan fingerprint density at radius 3 is 2.88 bits per heavy atom. The molecule has 17 heavy (non-hydrogen) atoms. The van der Waals surface area contributed by atoms with Crippen LogP contribution in [-0.4, -0.2) is 31.4 Å². The van der Waals surface area contributed by atoms with Crippen LogP contribution in [0.3, 0.4) is 0 Å². The lowest BCUT2D eigenvalue weighted by molar-refractivity contribution is 0.0890. The van der Waals surface area contributed by atoms with Gasteiger partial charge in [-0.2, -0.15) is 0 Å². The van der Waals surface area contributed by atoms with Crippen LogP contribution in [0.1, 0.15) is 18.4 Å². The van der Waals surface area contributed by atoms with Gasteiger partial charge in [-0.05, 0) is 56.0 Å². The standard InChI is InChI=1S/C14H21NO2/c1-17-13-4-2-3-11(9-13)10-14(16)12-5-7-15-8-6-12/h2-4,9,12,14-16H,5-8,10H2,1H3. The number of ether oxygens (including phenoxy) is 1. The molecular weight excluding hydrogens is 214 g/mol. The van der Waals surface area contributed by atoms with E-state index in [2.05, 4.69) is 5.32 Å². The lowest BCUT2D eigenvalue weighted by atomic mass is 9.88. The van der Waals surface area contributed by atoms with Crippen molar-refractivity contribution in [3.63, 3.8) is 0 Å². The van der Waals surface area contributed by atoms with Gasteiger partial charge in [0.25, 0.3) is 0 Å². The summed E-state index contributed by atoms with van der Waals surface area (Å²) in [6.07, 6.45) is 2.64. The maximum atomic E-state index is 10.2. The van der Waals surface area contributed by atoms with Crippen LogP contribution in [0.2, 0.25) is 0 Å². The topological polar surface area (TPSA) is 41.5 Å². The maximum Gasteiger partial charge on any atom is 0.119 e. The fraction of sp³-hybridized carbons (Fsp3) is 0.571. The Hall–Kier alpha value is -1.06. The van der Waals surface area contributed by atoms with E-state index in [0.29, 0.717) is 5.92 Å². The highest BCUT2D eigenvalue weighted by Crippen LogP contribution is 2.21. The van der Waals surface area contributed by atoms with Crippen LogP contribution in [0.4, 0.5) is 0 Å². The van der Waals surface area contributed by atoms with Crippen molar-refractivity contribution in [3.05, 3.63) is 29.8 Å². The summed E-state index contributed by atoms with van der Waals surface area (Å²) >= 11 is 0. The van der Waals surface area contributed by atoms with Gasteiger partial charge >= 0.3 is 0 Å². The molecule has 0 spiro atoms. The number of aliphatic hydroxyl groups excluding tert-OH is 1. The number of piperidine rings is 1. The van der Waals surface area contributed by atoms with Crippen molar-refractivity contribution >= 4 is 0 Å². The average Bonchev–Trinajstić information content (AvgIpc) is 2.40. The second-order valence-electron chi connectivity index (χ2n) is 4.71. The SMILES string of the molecule is COc1cccc(CC(O)C2CCNCC2)c1. The second-order valence-corrected chi connectivity index (χ2v) is 4.71. The first-order chi connectivity index (χ1) is 8.29. The van der Waals surface area contributed by atoms with Crippen LogP contribution in [0.25, 0.3) is 0 Å². The highest BCUT2D eigenvalue weighted by Gasteiger charge is 2.21. The van der Waals surface area contributed by atoms with E-state index in [4.69, 9.17) is 4.74 Å². The summed E-state index contributed by atoms with van der Waals surface area (Å²) in [7, 11) is 1.67. The molecule has 1 fully saturated rings. The van der Waals surface area contributed by atoms with Crippen LogP contribution in [0.5, 0.6) is 5.75 Å². The molecule has 2 N–H and O–H groups in total. The van der Waals surface area contributed by atoms with Gasteiger partial charge in [-0.15, -0.1) is 0 Å². The Morgan fingerprint density at radius 2 is 2.18 bits per heavy atom. The Labute approximate surface area is 103 Å². The number of benzene rings is 1. The van der Waals surface area contributed by atoms with Gasteiger partial charge in [0.15, 0.2) is 0 Å². The summed E-state index contributed by atoms with van der Waals surface area (Å²) in [5, 5.41) is 13.5. The van der Waals surface area contributed by atoms with Crippen molar-refractivity contribution in [2.45, 2.75) is 25.4 Å². The minimum atomic E-state index is -0.232. The summed E-state index contributed by atoms with van der Waals surface area (Å²) in [6, 6.07) is 7.96. The maximum absolute atomic E-state index is 10.2. The van der Waals surface area contributed by atoms with Crippen LogP contribution < -0.4 is 10.1 Å². The molecule has 1 saturated heterocycles. The van der Waals surface area contributed by atoms with Crippen molar-refractivity contribution in [1.29, 1.82) is 0 Å². The van der Waals surface area contributed by atoms with E-state index in [9.17, 15) is 5.11 Å². The highest BCUT2D eigenvalue weighted by molar-refractivity contribution is 5.28. The zero-order valence-electron chi connectivity index (χ0n) is 10.4. The highest BCUT2D eigenvalue weighted by atomic mass is 16.5. The summed E-state index contributed by atoms with van der Waals surface area (Å²) in [5.41, 5.74) is 1.15. The third kappa shape index (κ3) is 3.45. The Bertz CT molecular complexity index is 348. The van der Waals surface area contributed by atoms with Gasteiger partial charge in [0, 0.05) is 0 Å². The molecule has 94 valence electrons. The first-order valence-electron chi connectivity index (χ1n) is 6.31. The molecule has 0 aromatic heterocycles. The molecular formula is C14H21NO2. The summed E-state index contributed by atoms with van der Waals surface area (Å²) in [6.45, 7) is 2.06. The first kappa shape index (κ1) is 12.4. The predicted molar refractivity (Wildman–Crippen MR) is 68.3 cm³/mol. The van der Waals surface area contributed by atoms with Crippen LogP contribution in [-0.2, 0) is 6.42 Å². The summed E-state index contributed by atoms with van der Waals surface area (Å²) in [5.74, 6) is 1.29. The number of rotatable bonds is 4. The monoisotopic (exact) mass is 235 g/mol. The Morgan fingerprint density at radius 1 is 1.41 bits per heavy atom. The Kier molecular flexibility index (Phi) is 4.40. The molecule has 1 unspecified atom stereocenters. The number of hydrogen-bond acceptors (Lipinski definition) is 3. The largest absolute Gasteiger partial charge is 0.497 e. The minimum Gasteiger partial charge on any atom is -0.497 e. The van der Waals surface area contributed by atoms with Crippen molar-refractivity contribution in [3.8, 4) is 5.75 Å². The van der Waals surface area contributed by atoms with Crippen LogP contribution in [0.15, 0.2) is 24.3 Å². The van der Waals surface area contributed by atoms with Gasteiger partial charge in [-0.25, -0.2) is 0 Å². The molecule has 0 amide bonds. The molecule has 0 radical (unpaired) electrons. The fourth-order valence-electron chi connectivity index (χ4n) is 2.44. The summed E-state index contributed by atoms with van der Waals surface area (Å²) in [4.78, 5) is 0. The predicted octanol–water partition coefficient (Wildman–Crippen LogP) is 1.60. The Balaban J connectivity index is 1.94. The van der Waals surface area contributed by atoms with E-state index < -0.39 is 0 Å². The van der Waals surface area contributed by atoms with E-state index in [1.807, 2.05) is 24.3 Å². The molecule has 1 aliphatic rings. The van der Waals surface area contributed by atoms with Gasteiger partial charge in [0.1, 0.15) is 5.75 Å². The fourth-order valence-corrected chi connectivity index (χ4v) is 2.44. The number of methoxy groups -OCH3 is 1. The van der Waals surface area contributed by atoms with Gasteiger partial charge in [-0.1, -0.05) is 12.1 Å². The zero-order valence-corrected chi connectivity index (χ0v) is 10.4. The number of hydrogen-bond donors (Lipinski definition) is 2. The van der Waals surface area contributed by atoms with E-state index >= 15 is 0 Å².